The summed E-state index contributed by atoms with van der Waals surface area (Å²) in [5.41, 5.74) is 5.15. The molecule has 1 heterocycles. The molecule has 0 aliphatic rings. The lowest BCUT2D eigenvalue weighted by atomic mass is 10.5. The summed E-state index contributed by atoms with van der Waals surface area (Å²) in [5, 5.41) is 0. The van der Waals surface area contributed by atoms with Crippen LogP contribution in [-0.4, -0.2) is 29.6 Å². The zero-order valence-electron chi connectivity index (χ0n) is 7.95. The monoisotopic (exact) mass is 241 g/mol. The summed E-state index contributed by atoms with van der Waals surface area (Å²) >= 11 is 0. The van der Waals surface area contributed by atoms with E-state index in [1.54, 1.807) is 0 Å². The van der Waals surface area contributed by atoms with Gasteiger partial charge in [-0.2, -0.15) is 22.5 Å². The fourth-order valence-corrected chi connectivity index (χ4v) is 0.773. The first-order valence-corrected chi connectivity index (χ1v) is 3.88. The quantitative estimate of drug-likeness (QED) is 0.808. The molecule has 16 heavy (non-hydrogen) atoms. The molecule has 1 aromatic heterocycles. The minimum absolute atomic E-state index is 0.230. The van der Waals surface area contributed by atoms with Crippen LogP contribution < -0.4 is 15.2 Å². The van der Waals surface area contributed by atoms with Gasteiger partial charge in [0.15, 0.2) is 0 Å². The van der Waals surface area contributed by atoms with Gasteiger partial charge in [-0.1, -0.05) is 0 Å². The molecule has 5 nitrogen and oxygen atoms in total. The average Bonchev–Trinajstić information content (AvgIpc) is 2.19. The molecule has 1 aromatic rings. The highest BCUT2D eigenvalue weighted by atomic mass is 19.4. The van der Waals surface area contributed by atoms with Gasteiger partial charge in [0.05, 0.1) is 13.3 Å². The second-order valence-electron chi connectivity index (χ2n) is 2.58. The van der Waals surface area contributed by atoms with Crippen LogP contribution in [-0.2, 0) is 0 Å². The topological polar surface area (TPSA) is 70.3 Å². The Morgan fingerprint density at radius 2 is 2.06 bits per heavy atom. The molecular weight excluding hydrogens is 234 g/mol. The van der Waals surface area contributed by atoms with Crippen LogP contribution in [0.1, 0.15) is 0 Å². The number of hydrogen-bond acceptors (Lipinski definition) is 5. The predicted octanol–water partition coefficient (Wildman–Crippen LogP) is 1.30. The molecule has 0 saturated heterocycles. The number of anilines is 1. The third kappa shape index (κ3) is 2.84. The molecule has 9 heteroatoms. The largest absolute Gasteiger partial charge is 0.478 e. The third-order valence-electron chi connectivity index (χ3n) is 1.42. The van der Waals surface area contributed by atoms with E-state index in [2.05, 4.69) is 19.4 Å². The number of aromatic nitrogens is 2. The molecule has 1 unspecified atom stereocenters. The minimum atomic E-state index is -5.13. The number of alkyl halides is 4. The van der Waals surface area contributed by atoms with Crippen LogP contribution >= 0.6 is 0 Å². The molecule has 0 aliphatic heterocycles. The van der Waals surface area contributed by atoms with E-state index in [0.717, 1.165) is 13.3 Å². The fraction of sp³-hybridized carbons (Fsp3) is 0.429. The van der Waals surface area contributed by atoms with Gasteiger partial charge in [-0.15, -0.1) is 0 Å². The van der Waals surface area contributed by atoms with Crippen LogP contribution in [0.5, 0.6) is 11.6 Å². The number of rotatable bonds is 3. The van der Waals surface area contributed by atoms with Gasteiger partial charge in [0.25, 0.3) is 5.88 Å². The molecule has 0 amide bonds. The zero-order chi connectivity index (χ0) is 12.3. The van der Waals surface area contributed by atoms with Gasteiger partial charge in [-0.05, 0) is 0 Å². The van der Waals surface area contributed by atoms with Crippen molar-refractivity contribution in [2.24, 2.45) is 0 Å². The Labute approximate surface area is 87.2 Å². The molecule has 2 N–H and O–H groups in total. The van der Waals surface area contributed by atoms with Crippen molar-refractivity contribution in [3.63, 3.8) is 0 Å². The molecule has 0 aromatic carbocycles. The number of nitrogen functional groups attached to an aromatic ring is 1. The Bertz CT molecular complexity index is 371. The lowest BCUT2D eigenvalue weighted by Crippen LogP contribution is -2.30. The second kappa shape index (κ2) is 4.37. The number of nitrogens with two attached hydrogens (primary N) is 1. The Balaban J connectivity index is 2.89. The molecule has 1 rings (SSSR count). The molecule has 0 bridgehead atoms. The zero-order valence-corrected chi connectivity index (χ0v) is 7.95. The highest BCUT2D eigenvalue weighted by Crippen LogP contribution is 2.30. The molecule has 90 valence electrons. The molecular formula is C7H7F4N3O2. The van der Waals surface area contributed by atoms with Gasteiger partial charge in [-0.25, -0.2) is 4.98 Å². The summed E-state index contributed by atoms with van der Waals surface area (Å²) in [6.07, 6.45) is -7.82. The van der Waals surface area contributed by atoms with Crippen LogP contribution in [0.3, 0.4) is 0 Å². The molecule has 0 spiro atoms. The maximum Gasteiger partial charge on any atom is 0.457 e. The number of nitrogens with zero attached hydrogens (tertiary/aromatic N) is 2. The summed E-state index contributed by atoms with van der Waals surface area (Å²) < 4.78 is 56.6. The number of halogens is 4. The molecule has 0 radical (unpaired) electrons. The van der Waals surface area contributed by atoms with Gasteiger partial charge in [0.1, 0.15) is 0 Å². The van der Waals surface area contributed by atoms with Crippen LogP contribution in [0.2, 0.25) is 0 Å². The molecule has 0 aliphatic carbocycles. The van der Waals surface area contributed by atoms with Crippen molar-refractivity contribution in [1.29, 1.82) is 0 Å². The smallest absolute Gasteiger partial charge is 0.457 e. The van der Waals surface area contributed by atoms with E-state index in [1.807, 2.05) is 0 Å². The first-order valence-electron chi connectivity index (χ1n) is 3.88. The van der Waals surface area contributed by atoms with Gasteiger partial charge < -0.3 is 15.2 Å². The SMILES string of the molecule is COc1nc(N)ncc1OC(F)C(F)(F)F. The molecule has 1 atom stereocenters. The van der Waals surface area contributed by atoms with E-state index in [9.17, 15) is 17.6 Å². The minimum Gasteiger partial charge on any atom is -0.478 e. The maximum atomic E-state index is 12.5. The highest BCUT2D eigenvalue weighted by molar-refractivity contribution is 5.35. The van der Waals surface area contributed by atoms with E-state index in [-0.39, 0.29) is 11.8 Å². The number of ether oxygens (including phenoxy) is 2. The maximum absolute atomic E-state index is 12.5. The van der Waals surface area contributed by atoms with Crippen molar-refractivity contribution in [2.75, 3.05) is 12.8 Å². The first-order chi connectivity index (χ1) is 7.34. The summed E-state index contributed by atoms with van der Waals surface area (Å²) in [4.78, 5) is 6.76. The van der Waals surface area contributed by atoms with Gasteiger partial charge in [0, 0.05) is 0 Å². The summed E-state index contributed by atoms with van der Waals surface area (Å²) in [6, 6.07) is 0. The van der Waals surface area contributed by atoms with Crippen molar-refractivity contribution in [2.45, 2.75) is 12.5 Å². The Hall–Kier alpha value is -1.80. The highest BCUT2D eigenvalue weighted by Gasteiger charge is 2.43. The van der Waals surface area contributed by atoms with Gasteiger partial charge in [-0.3, -0.25) is 0 Å². The lowest BCUT2D eigenvalue weighted by Gasteiger charge is -2.15. The average molecular weight is 241 g/mol. The van der Waals surface area contributed by atoms with Crippen molar-refractivity contribution in [1.82, 2.24) is 9.97 Å². The van der Waals surface area contributed by atoms with E-state index in [4.69, 9.17) is 5.73 Å². The van der Waals surface area contributed by atoms with Gasteiger partial charge in [0.2, 0.25) is 11.7 Å². The van der Waals surface area contributed by atoms with Gasteiger partial charge >= 0.3 is 12.5 Å². The summed E-state index contributed by atoms with van der Waals surface area (Å²) in [5.74, 6) is -1.19. The van der Waals surface area contributed by atoms with E-state index in [0.29, 0.717) is 0 Å². The summed E-state index contributed by atoms with van der Waals surface area (Å²) in [7, 11) is 1.12. The third-order valence-corrected chi connectivity index (χ3v) is 1.42. The Kier molecular flexibility index (Phi) is 3.35. The van der Waals surface area contributed by atoms with Crippen LogP contribution in [0.15, 0.2) is 6.20 Å². The van der Waals surface area contributed by atoms with Crippen LogP contribution in [0.25, 0.3) is 0 Å². The normalized spacial score (nSPS) is 13.3. The van der Waals surface area contributed by atoms with Crippen LogP contribution in [0.4, 0.5) is 23.5 Å². The van der Waals surface area contributed by atoms with Crippen molar-refractivity contribution in [3.8, 4) is 11.6 Å². The Morgan fingerprint density at radius 1 is 1.44 bits per heavy atom. The number of hydrogen-bond donors (Lipinski definition) is 1. The van der Waals surface area contributed by atoms with E-state index >= 15 is 0 Å². The Morgan fingerprint density at radius 3 is 2.56 bits per heavy atom. The molecule has 0 saturated carbocycles. The first kappa shape index (κ1) is 12.3. The van der Waals surface area contributed by atoms with Crippen molar-refractivity contribution < 1.29 is 27.0 Å². The predicted molar refractivity (Wildman–Crippen MR) is 44.6 cm³/mol. The summed E-state index contributed by atoms with van der Waals surface area (Å²) in [6.45, 7) is 0. The standard InChI is InChI=1S/C7H7F4N3O2/c1-15-4-3(2-13-6(12)14-4)16-5(8)7(9,10)11/h2,5H,1H3,(H2,12,13,14). The lowest BCUT2D eigenvalue weighted by molar-refractivity contribution is -0.236. The van der Waals surface area contributed by atoms with Crippen molar-refractivity contribution in [3.05, 3.63) is 6.20 Å². The second-order valence-corrected chi connectivity index (χ2v) is 2.58. The van der Waals surface area contributed by atoms with E-state index < -0.39 is 18.3 Å². The fourth-order valence-electron chi connectivity index (χ4n) is 0.773. The number of methoxy groups -OCH3 is 1. The van der Waals surface area contributed by atoms with Crippen molar-refractivity contribution >= 4 is 5.95 Å². The molecule has 0 fully saturated rings. The van der Waals surface area contributed by atoms with Crippen LogP contribution in [0, 0.1) is 0 Å². The van der Waals surface area contributed by atoms with E-state index in [1.165, 1.54) is 0 Å².